The highest BCUT2D eigenvalue weighted by molar-refractivity contribution is 5.71. The van der Waals surface area contributed by atoms with Crippen LogP contribution in [0, 0.1) is 0 Å². The second-order valence-corrected chi connectivity index (χ2v) is 22.4. The van der Waals surface area contributed by atoms with Crippen LogP contribution in [0.2, 0.25) is 0 Å². The van der Waals surface area contributed by atoms with Crippen molar-refractivity contribution in [3.05, 3.63) is 48.6 Å². The first-order chi connectivity index (χ1) is 37.0. The normalized spacial score (nSPS) is 12.3. The second kappa shape index (κ2) is 63.9. The summed E-state index contributed by atoms with van der Waals surface area (Å²) in [4.78, 5) is 38.4. The molecular weight excluding hydrogens is 925 g/mol. The fourth-order valence-corrected chi connectivity index (χ4v) is 9.80. The molecule has 0 aliphatic rings. The Labute approximate surface area is 467 Å². The van der Waals surface area contributed by atoms with Crippen LogP contribution in [-0.4, -0.2) is 37.2 Å². The van der Waals surface area contributed by atoms with Crippen LogP contribution in [0.1, 0.15) is 355 Å². The second-order valence-electron chi connectivity index (χ2n) is 22.4. The van der Waals surface area contributed by atoms with E-state index in [1.165, 1.54) is 238 Å². The van der Waals surface area contributed by atoms with Crippen LogP contribution in [0.5, 0.6) is 0 Å². The number of carbonyl (C=O) groups is 3. The summed E-state index contributed by atoms with van der Waals surface area (Å²) in [7, 11) is 0. The van der Waals surface area contributed by atoms with Crippen LogP contribution >= 0.6 is 0 Å². The van der Waals surface area contributed by atoms with Gasteiger partial charge in [0, 0.05) is 19.3 Å². The van der Waals surface area contributed by atoms with Crippen LogP contribution < -0.4 is 0 Å². The molecular formula is C69H126O6. The van der Waals surface area contributed by atoms with E-state index in [1.807, 2.05) is 0 Å². The number of carbonyl (C=O) groups excluding carboxylic acids is 3. The average Bonchev–Trinajstić information content (AvgIpc) is 3.41. The Hall–Kier alpha value is -2.63. The molecule has 0 heterocycles. The maximum absolute atomic E-state index is 12.9. The lowest BCUT2D eigenvalue weighted by molar-refractivity contribution is -0.167. The molecule has 1 atom stereocenters. The third-order valence-corrected chi connectivity index (χ3v) is 14.8. The zero-order chi connectivity index (χ0) is 54.3. The van der Waals surface area contributed by atoms with E-state index in [0.717, 1.165) is 77.0 Å². The van der Waals surface area contributed by atoms with Crippen molar-refractivity contribution in [1.29, 1.82) is 0 Å². The molecule has 0 aliphatic carbocycles. The average molecular weight is 1050 g/mol. The highest BCUT2D eigenvalue weighted by Crippen LogP contribution is 2.17. The molecule has 75 heavy (non-hydrogen) atoms. The van der Waals surface area contributed by atoms with Gasteiger partial charge in [-0.15, -0.1) is 0 Å². The van der Waals surface area contributed by atoms with Crippen LogP contribution in [0.4, 0.5) is 0 Å². The van der Waals surface area contributed by atoms with Crippen molar-refractivity contribution in [3.8, 4) is 0 Å². The van der Waals surface area contributed by atoms with Crippen LogP contribution in [0.3, 0.4) is 0 Å². The Morgan fingerprint density at radius 2 is 0.480 bits per heavy atom. The largest absolute Gasteiger partial charge is 0.462 e. The van der Waals surface area contributed by atoms with Crippen molar-refractivity contribution < 1.29 is 28.6 Å². The molecule has 0 saturated heterocycles. The van der Waals surface area contributed by atoms with Gasteiger partial charge in [-0.25, -0.2) is 0 Å². The van der Waals surface area contributed by atoms with Crippen molar-refractivity contribution >= 4 is 17.9 Å². The predicted octanol–water partition coefficient (Wildman–Crippen LogP) is 22.6. The van der Waals surface area contributed by atoms with Crippen LogP contribution in [0.15, 0.2) is 48.6 Å². The van der Waals surface area contributed by atoms with E-state index in [1.54, 1.807) is 0 Å². The highest BCUT2D eigenvalue weighted by atomic mass is 16.6. The molecule has 0 bridgehead atoms. The molecule has 438 valence electrons. The van der Waals surface area contributed by atoms with Crippen molar-refractivity contribution in [1.82, 2.24) is 0 Å². The summed E-state index contributed by atoms with van der Waals surface area (Å²) in [5.41, 5.74) is 0. The Morgan fingerprint density at radius 1 is 0.267 bits per heavy atom. The molecule has 0 rings (SSSR count). The van der Waals surface area contributed by atoms with E-state index in [4.69, 9.17) is 14.2 Å². The monoisotopic (exact) mass is 1050 g/mol. The van der Waals surface area contributed by atoms with Gasteiger partial charge in [-0.1, -0.05) is 301 Å². The minimum Gasteiger partial charge on any atom is -0.462 e. The lowest BCUT2D eigenvalue weighted by atomic mass is 10.0. The molecule has 0 fully saturated rings. The van der Waals surface area contributed by atoms with E-state index in [-0.39, 0.29) is 31.1 Å². The van der Waals surface area contributed by atoms with Gasteiger partial charge in [-0.3, -0.25) is 14.4 Å². The molecule has 0 aliphatic heterocycles. The molecule has 0 N–H and O–H groups in total. The molecule has 1 unspecified atom stereocenters. The molecule has 6 nitrogen and oxygen atoms in total. The molecule has 0 aromatic rings. The smallest absolute Gasteiger partial charge is 0.306 e. The first-order valence-electron chi connectivity index (χ1n) is 33.1. The summed E-state index contributed by atoms with van der Waals surface area (Å²) in [5, 5.41) is 0. The maximum atomic E-state index is 12.9. The Bertz CT molecular complexity index is 1300. The molecule has 0 amide bonds. The minimum atomic E-state index is -0.778. The number of rotatable bonds is 61. The van der Waals surface area contributed by atoms with Gasteiger partial charge in [-0.2, -0.15) is 0 Å². The van der Waals surface area contributed by atoms with Crippen molar-refractivity contribution in [2.24, 2.45) is 0 Å². The fourth-order valence-electron chi connectivity index (χ4n) is 9.80. The zero-order valence-corrected chi connectivity index (χ0v) is 50.3. The summed E-state index contributed by atoms with van der Waals surface area (Å²) in [5.74, 6) is -0.863. The van der Waals surface area contributed by atoms with Gasteiger partial charge in [0.1, 0.15) is 13.2 Å². The number of unbranched alkanes of at least 4 members (excludes halogenated alkanes) is 42. The van der Waals surface area contributed by atoms with Gasteiger partial charge in [-0.05, 0) is 83.5 Å². The summed E-state index contributed by atoms with van der Waals surface area (Å²) in [6, 6.07) is 0. The van der Waals surface area contributed by atoms with E-state index in [9.17, 15) is 14.4 Å². The lowest BCUT2D eigenvalue weighted by Gasteiger charge is -2.18. The van der Waals surface area contributed by atoms with Gasteiger partial charge in [0.15, 0.2) is 6.10 Å². The summed E-state index contributed by atoms with van der Waals surface area (Å²) in [6.45, 7) is 6.66. The van der Waals surface area contributed by atoms with Crippen LogP contribution in [-0.2, 0) is 28.6 Å². The van der Waals surface area contributed by atoms with E-state index in [0.29, 0.717) is 19.3 Å². The number of hydrogen-bond donors (Lipinski definition) is 0. The Kier molecular flexibility index (Phi) is 61.7. The molecule has 0 spiro atoms. The van der Waals surface area contributed by atoms with Gasteiger partial charge < -0.3 is 14.2 Å². The standard InChI is InChI=1S/C69H126O6/c1-4-7-10-13-16-19-22-25-28-31-34-35-36-39-41-44-47-50-53-56-59-62-68(71)74-65-66(75-69(72)63-60-57-54-51-48-45-42-38-33-30-27-24-21-18-15-12-9-6-3)64-73-67(70)61-58-55-52-49-46-43-40-37-32-29-26-23-20-17-14-11-8-5-2/h21-22,24-25,30-31,33-34,66H,4-20,23,26-29,32,35-65H2,1-3H3/b24-21-,25-22-,33-30-,34-31-. The SMILES string of the molecule is CCCCCC/C=C\C/C=C\CCCCCCCCCC(=O)OC(COC(=O)CCCCCCCCCCC/C=C\C/C=C\CCCCCCC)COC(=O)CCCCCCCCCCCCCCCCCCCC. The van der Waals surface area contributed by atoms with Crippen LogP contribution in [0.25, 0.3) is 0 Å². The molecule has 0 aromatic carbocycles. The molecule has 0 aromatic heterocycles. The number of ether oxygens (including phenoxy) is 3. The van der Waals surface area contributed by atoms with Gasteiger partial charge in [0.2, 0.25) is 0 Å². The number of hydrogen-bond acceptors (Lipinski definition) is 6. The summed E-state index contributed by atoms with van der Waals surface area (Å²) < 4.78 is 17.0. The van der Waals surface area contributed by atoms with Crippen molar-refractivity contribution in [2.75, 3.05) is 13.2 Å². The third kappa shape index (κ3) is 62.1. The molecule has 0 radical (unpaired) electrons. The van der Waals surface area contributed by atoms with E-state index >= 15 is 0 Å². The van der Waals surface area contributed by atoms with E-state index in [2.05, 4.69) is 69.4 Å². The molecule has 6 heteroatoms. The van der Waals surface area contributed by atoms with Gasteiger partial charge in [0.25, 0.3) is 0 Å². The fraction of sp³-hybridized carbons (Fsp3) is 0.841. The van der Waals surface area contributed by atoms with Gasteiger partial charge >= 0.3 is 17.9 Å². The third-order valence-electron chi connectivity index (χ3n) is 14.8. The lowest BCUT2D eigenvalue weighted by Crippen LogP contribution is -2.30. The molecule has 0 saturated carbocycles. The number of allylic oxidation sites excluding steroid dienone is 8. The minimum absolute atomic E-state index is 0.0738. The Morgan fingerprint density at radius 3 is 0.747 bits per heavy atom. The van der Waals surface area contributed by atoms with E-state index < -0.39 is 6.10 Å². The van der Waals surface area contributed by atoms with Gasteiger partial charge in [0.05, 0.1) is 0 Å². The summed E-state index contributed by atoms with van der Waals surface area (Å²) >= 11 is 0. The van der Waals surface area contributed by atoms with Crippen molar-refractivity contribution in [2.45, 2.75) is 361 Å². The first kappa shape index (κ1) is 72.4. The number of esters is 3. The predicted molar refractivity (Wildman–Crippen MR) is 325 cm³/mol. The maximum Gasteiger partial charge on any atom is 0.306 e. The summed E-state index contributed by atoms with van der Waals surface area (Å²) in [6.07, 6.45) is 79.7. The first-order valence-corrected chi connectivity index (χ1v) is 33.1. The Balaban J connectivity index is 4.35. The topological polar surface area (TPSA) is 78.9 Å². The highest BCUT2D eigenvalue weighted by Gasteiger charge is 2.19. The zero-order valence-electron chi connectivity index (χ0n) is 50.3. The quantitative estimate of drug-likeness (QED) is 0.0261. The van der Waals surface area contributed by atoms with Crippen molar-refractivity contribution in [3.63, 3.8) is 0 Å².